The molecule has 7 heteroatoms. The molecule has 0 bridgehead atoms. The molecule has 0 saturated heterocycles. The van der Waals surface area contributed by atoms with Crippen LogP contribution in [0, 0.1) is 5.82 Å². The first-order valence-electron chi connectivity index (χ1n) is 10.7. The number of hydrogen-bond donors (Lipinski definition) is 2. The topological polar surface area (TPSA) is 66.0 Å². The van der Waals surface area contributed by atoms with Crippen molar-refractivity contribution in [2.45, 2.75) is 13.0 Å². The van der Waals surface area contributed by atoms with Crippen LogP contribution >= 0.6 is 0 Å². The Labute approximate surface area is 194 Å². The van der Waals surface area contributed by atoms with Crippen molar-refractivity contribution < 1.29 is 13.9 Å². The predicted molar refractivity (Wildman–Crippen MR) is 129 cm³/mol. The Morgan fingerprint density at radius 3 is 2.24 bits per heavy atom. The SMILES string of the molecule is CN=C(NCCc1cccc(C(=O)N(C)C)c1)NCc1ccc(Oc2ccc(F)cc2)cc1. The standard InChI is InChI=1S/C26H29FN4O2/c1-28-26(29-16-15-19-5-4-6-21(17-19)25(32)31(2)3)30-18-20-7-11-23(12-8-20)33-24-13-9-22(27)10-14-24/h4-14,17H,15-16,18H2,1-3H3,(H2,28,29,30). The zero-order valence-corrected chi connectivity index (χ0v) is 19.1. The third-order valence-corrected chi connectivity index (χ3v) is 4.94. The molecule has 1 amide bonds. The number of nitrogens with zero attached hydrogens (tertiary/aromatic N) is 2. The predicted octanol–water partition coefficient (Wildman–Crippen LogP) is 4.23. The van der Waals surface area contributed by atoms with Gasteiger partial charge in [0, 0.05) is 39.8 Å². The number of carbonyl (C=O) groups excluding carboxylic acids is 1. The van der Waals surface area contributed by atoms with Crippen LogP contribution < -0.4 is 15.4 Å². The second-order valence-electron chi connectivity index (χ2n) is 7.70. The van der Waals surface area contributed by atoms with Crippen molar-refractivity contribution in [1.29, 1.82) is 0 Å². The van der Waals surface area contributed by atoms with Crippen LogP contribution in [-0.4, -0.2) is 44.5 Å². The highest BCUT2D eigenvalue weighted by Crippen LogP contribution is 2.21. The minimum absolute atomic E-state index is 0.00336. The van der Waals surface area contributed by atoms with Crippen molar-refractivity contribution in [1.82, 2.24) is 15.5 Å². The van der Waals surface area contributed by atoms with Gasteiger partial charge in [0.25, 0.3) is 5.91 Å². The average Bonchev–Trinajstić information content (AvgIpc) is 2.83. The van der Waals surface area contributed by atoms with Crippen molar-refractivity contribution in [2.24, 2.45) is 4.99 Å². The maximum Gasteiger partial charge on any atom is 0.253 e. The van der Waals surface area contributed by atoms with Crippen molar-refractivity contribution in [3.8, 4) is 11.5 Å². The number of carbonyl (C=O) groups is 1. The minimum Gasteiger partial charge on any atom is -0.457 e. The summed E-state index contributed by atoms with van der Waals surface area (Å²) in [4.78, 5) is 18.0. The van der Waals surface area contributed by atoms with Gasteiger partial charge in [0.2, 0.25) is 0 Å². The van der Waals surface area contributed by atoms with Crippen LogP contribution in [0.5, 0.6) is 11.5 Å². The summed E-state index contributed by atoms with van der Waals surface area (Å²) in [5.74, 6) is 1.67. The molecule has 0 aromatic heterocycles. The monoisotopic (exact) mass is 448 g/mol. The molecule has 2 N–H and O–H groups in total. The number of aliphatic imine (C=N–C) groups is 1. The zero-order valence-electron chi connectivity index (χ0n) is 19.1. The maximum atomic E-state index is 13.0. The van der Waals surface area contributed by atoms with Crippen LogP contribution in [0.4, 0.5) is 4.39 Å². The summed E-state index contributed by atoms with van der Waals surface area (Å²) in [6, 6.07) is 21.3. The number of hydrogen-bond acceptors (Lipinski definition) is 3. The summed E-state index contributed by atoms with van der Waals surface area (Å²) < 4.78 is 18.7. The van der Waals surface area contributed by atoms with Crippen molar-refractivity contribution in [3.05, 3.63) is 95.3 Å². The van der Waals surface area contributed by atoms with Gasteiger partial charge in [-0.15, -0.1) is 0 Å². The molecule has 3 aromatic rings. The summed E-state index contributed by atoms with van der Waals surface area (Å²) in [7, 11) is 5.22. The minimum atomic E-state index is -0.293. The van der Waals surface area contributed by atoms with Gasteiger partial charge >= 0.3 is 0 Å². The molecule has 0 fully saturated rings. The lowest BCUT2D eigenvalue weighted by Crippen LogP contribution is -2.37. The Morgan fingerprint density at radius 2 is 1.61 bits per heavy atom. The third kappa shape index (κ3) is 7.35. The van der Waals surface area contributed by atoms with Gasteiger partial charge in [0.05, 0.1) is 0 Å². The fourth-order valence-corrected chi connectivity index (χ4v) is 3.16. The highest BCUT2D eigenvalue weighted by molar-refractivity contribution is 5.94. The fraction of sp³-hybridized carbons (Fsp3) is 0.231. The molecule has 0 aliphatic rings. The molecule has 0 aliphatic heterocycles. The van der Waals surface area contributed by atoms with Gasteiger partial charge in [-0.3, -0.25) is 9.79 Å². The van der Waals surface area contributed by atoms with E-state index in [0.717, 1.165) is 17.5 Å². The molecular formula is C26H29FN4O2. The lowest BCUT2D eigenvalue weighted by molar-refractivity contribution is 0.0827. The van der Waals surface area contributed by atoms with Crippen LogP contribution in [0.15, 0.2) is 77.8 Å². The molecule has 0 atom stereocenters. The summed E-state index contributed by atoms with van der Waals surface area (Å²) in [6.07, 6.45) is 0.769. The van der Waals surface area contributed by atoms with Gasteiger partial charge in [-0.1, -0.05) is 24.3 Å². The molecule has 0 saturated carbocycles. The van der Waals surface area contributed by atoms with Crippen LogP contribution in [-0.2, 0) is 13.0 Å². The Kier molecular flexibility index (Phi) is 8.41. The molecule has 0 spiro atoms. The Morgan fingerprint density at radius 1 is 0.939 bits per heavy atom. The summed E-state index contributed by atoms with van der Waals surface area (Å²) in [5.41, 5.74) is 2.84. The van der Waals surface area contributed by atoms with E-state index in [9.17, 15) is 9.18 Å². The number of benzene rings is 3. The van der Waals surface area contributed by atoms with E-state index in [0.29, 0.717) is 36.1 Å². The van der Waals surface area contributed by atoms with Crippen molar-refractivity contribution in [3.63, 3.8) is 0 Å². The summed E-state index contributed by atoms with van der Waals surface area (Å²) >= 11 is 0. The van der Waals surface area contributed by atoms with E-state index in [-0.39, 0.29) is 11.7 Å². The largest absolute Gasteiger partial charge is 0.457 e. The Balaban J connectivity index is 1.45. The first-order chi connectivity index (χ1) is 15.9. The molecular weight excluding hydrogens is 419 g/mol. The Hall–Kier alpha value is -3.87. The Bertz CT molecular complexity index is 1080. The van der Waals surface area contributed by atoms with Crippen LogP contribution in [0.1, 0.15) is 21.5 Å². The van der Waals surface area contributed by atoms with E-state index in [1.807, 2.05) is 48.5 Å². The van der Waals surface area contributed by atoms with Crippen LogP contribution in [0.25, 0.3) is 0 Å². The van der Waals surface area contributed by atoms with E-state index in [4.69, 9.17) is 4.74 Å². The molecule has 0 radical (unpaired) electrons. The first-order valence-corrected chi connectivity index (χ1v) is 10.7. The van der Waals surface area contributed by atoms with Gasteiger partial charge in [-0.05, 0) is 66.1 Å². The number of rotatable bonds is 8. The fourth-order valence-electron chi connectivity index (χ4n) is 3.16. The maximum absolute atomic E-state index is 13.0. The highest BCUT2D eigenvalue weighted by Gasteiger charge is 2.08. The van der Waals surface area contributed by atoms with E-state index < -0.39 is 0 Å². The summed E-state index contributed by atoms with van der Waals surface area (Å²) in [5, 5.41) is 6.58. The number of nitrogens with one attached hydrogen (secondary N) is 2. The van der Waals surface area contributed by atoms with Gasteiger partial charge in [-0.2, -0.15) is 0 Å². The van der Waals surface area contributed by atoms with Gasteiger partial charge in [-0.25, -0.2) is 4.39 Å². The second-order valence-corrected chi connectivity index (χ2v) is 7.70. The molecule has 172 valence electrons. The van der Waals surface area contributed by atoms with Gasteiger partial charge in [0.1, 0.15) is 17.3 Å². The molecule has 0 aliphatic carbocycles. The smallest absolute Gasteiger partial charge is 0.253 e. The average molecular weight is 449 g/mol. The second kappa shape index (κ2) is 11.7. The number of guanidine groups is 1. The van der Waals surface area contributed by atoms with Gasteiger partial charge < -0.3 is 20.3 Å². The quantitative estimate of drug-likeness (QED) is 0.400. The van der Waals surface area contributed by atoms with Gasteiger partial charge in [0.15, 0.2) is 5.96 Å². The van der Waals surface area contributed by atoms with Crippen molar-refractivity contribution in [2.75, 3.05) is 27.7 Å². The van der Waals surface area contributed by atoms with Crippen LogP contribution in [0.3, 0.4) is 0 Å². The molecule has 0 unspecified atom stereocenters. The van der Waals surface area contributed by atoms with Crippen LogP contribution in [0.2, 0.25) is 0 Å². The van der Waals surface area contributed by atoms with E-state index in [1.165, 1.54) is 12.1 Å². The first kappa shape index (κ1) is 23.8. The van der Waals surface area contributed by atoms with E-state index in [2.05, 4.69) is 15.6 Å². The highest BCUT2D eigenvalue weighted by atomic mass is 19.1. The summed E-state index contributed by atoms with van der Waals surface area (Å²) in [6.45, 7) is 1.28. The third-order valence-electron chi connectivity index (χ3n) is 4.94. The number of ether oxygens (including phenoxy) is 1. The lowest BCUT2D eigenvalue weighted by Gasteiger charge is -2.13. The zero-order chi connectivity index (χ0) is 23.6. The molecule has 3 rings (SSSR count). The van der Waals surface area contributed by atoms with E-state index in [1.54, 1.807) is 38.2 Å². The number of amides is 1. The number of halogens is 1. The molecule has 33 heavy (non-hydrogen) atoms. The molecule has 6 nitrogen and oxygen atoms in total. The molecule has 3 aromatic carbocycles. The normalized spacial score (nSPS) is 11.1. The molecule has 0 heterocycles. The lowest BCUT2D eigenvalue weighted by atomic mass is 10.1. The van der Waals surface area contributed by atoms with E-state index >= 15 is 0 Å². The van der Waals surface area contributed by atoms with Crippen molar-refractivity contribution >= 4 is 11.9 Å².